The van der Waals surface area contributed by atoms with E-state index in [9.17, 15) is 4.79 Å². The highest BCUT2D eigenvalue weighted by molar-refractivity contribution is 7.13. The van der Waals surface area contributed by atoms with E-state index >= 15 is 0 Å². The van der Waals surface area contributed by atoms with Gasteiger partial charge in [-0.05, 0) is 0 Å². The van der Waals surface area contributed by atoms with Gasteiger partial charge in [-0.25, -0.2) is 4.98 Å². The fraction of sp³-hybridized carbons (Fsp3) is 0.333. The standard InChI is InChI=1S/C6H8N2O2S/c1-8(4-5(9)10)6-7-2-3-11-6/h2-3H,4H2,1H3,(H,9,10). The summed E-state index contributed by atoms with van der Waals surface area (Å²) in [6, 6.07) is 0. The van der Waals surface area contributed by atoms with E-state index < -0.39 is 5.97 Å². The molecule has 1 aromatic rings. The number of hydrogen-bond donors (Lipinski definition) is 1. The van der Waals surface area contributed by atoms with Crippen LogP contribution >= 0.6 is 11.3 Å². The van der Waals surface area contributed by atoms with Crippen molar-refractivity contribution in [1.82, 2.24) is 4.98 Å². The van der Waals surface area contributed by atoms with Gasteiger partial charge >= 0.3 is 5.97 Å². The molecule has 1 heterocycles. The third-order valence-corrected chi connectivity index (χ3v) is 2.00. The molecular weight excluding hydrogens is 164 g/mol. The molecule has 4 nitrogen and oxygen atoms in total. The van der Waals surface area contributed by atoms with Crippen LogP contribution in [-0.4, -0.2) is 29.7 Å². The minimum absolute atomic E-state index is 0.00644. The molecule has 60 valence electrons. The van der Waals surface area contributed by atoms with Gasteiger partial charge in [-0.2, -0.15) is 0 Å². The smallest absolute Gasteiger partial charge is 0.323 e. The van der Waals surface area contributed by atoms with Crippen molar-refractivity contribution in [2.45, 2.75) is 0 Å². The van der Waals surface area contributed by atoms with Gasteiger partial charge < -0.3 is 10.0 Å². The van der Waals surface area contributed by atoms with Crippen LogP contribution in [0.15, 0.2) is 11.6 Å². The lowest BCUT2D eigenvalue weighted by atomic mass is 10.6. The molecule has 0 fully saturated rings. The average Bonchev–Trinajstić information content (AvgIpc) is 2.35. The molecule has 0 aromatic carbocycles. The van der Waals surface area contributed by atoms with Crippen molar-refractivity contribution in [3.8, 4) is 0 Å². The van der Waals surface area contributed by atoms with Crippen molar-refractivity contribution in [3.63, 3.8) is 0 Å². The zero-order valence-corrected chi connectivity index (χ0v) is 6.84. The summed E-state index contributed by atoms with van der Waals surface area (Å²) in [5, 5.41) is 11.0. The minimum atomic E-state index is -0.845. The molecule has 0 amide bonds. The molecule has 0 aliphatic heterocycles. The Morgan fingerprint density at radius 1 is 1.91 bits per heavy atom. The number of carboxylic acids is 1. The molecule has 0 bridgehead atoms. The second-order valence-electron chi connectivity index (χ2n) is 2.06. The maximum Gasteiger partial charge on any atom is 0.323 e. The van der Waals surface area contributed by atoms with Gasteiger partial charge in [0.2, 0.25) is 0 Å². The summed E-state index contributed by atoms with van der Waals surface area (Å²) in [5.41, 5.74) is 0. The van der Waals surface area contributed by atoms with E-state index in [4.69, 9.17) is 5.11 Å². The number of anilines is 1. The number of hydrogen-bond acceptors (Lipinski definition) is 4. The van der Waals surface area contributed by atoms with Crippen LogP contribution in [0.3, 0.4) is 0 Å². The van der Waals surface area contributed by atoms with Crippen molar-refractivity contribution >= 4 is 22.4 Å². The molecule has 1 rings (SSSR count). The molecule has 0 radical (unpaired) electrons. The number of carboxylic acid groups (broad SMARTS) is 1. The summed E-state index contributed by atoms with van der Waals surface area (Å²) in [6.07, 6.45) is 1.65. The fourth-order valence-corrected chi connectivity index (χ4v) is 1.28. The molecule has 5 heteroatoms. The molecule has 0 unspecified atom stereocenters. The van der Waals surface area contributed by atoms with E-state index in [-0.39, 0.29) is 6.54 Å². The molecule has 11 heavy (non-hydrogen) atoms. The summed E-state index contributed by atoms with van der Waals surface area (Å²) in [5.74, 6) is -0.845. The van der Waals surface area contributed by atoms with Gasteiger partial charge in [0.1, 0.15) is 6.54 Å². The van der Waals surface area contributed by atoms with Crippen LogP contribution in [0.5, 0.6) is 0 Å². The Hall–Kier alpha value is -1.10. The molecule has 1 aromatic heterocycles. The number of aromatic nitrogens is 1. The first kappa shape index (κ1) is 8.00. The van der Waals surface area contributed by atoms with Gasteiger partial charge in [0, 0.05) is 18.6 Å². The Balaban J connectivity index is 2.56. The third kappa shape index (κ3) is 2.19. The second-order valence-corrected chi connectivity index (χ2v) is 2.94. The van der Waals surface area contributed by atoms with Crippen LogP contribution in [-0.2, 0) is 4.79 Å². The molecule has 0 saturated carbocycles. The van der Waals surface area contributed by atoms with Gasteiger partial charge in [0.05, 0.1) is 0 Å². The normalized spacial score (nSPS) is 9.55. The molecule has 0 atom stereocenters. The lowest BCUT2D eigenvalue weighted by Gasteiger charge is -2.11. The summed E-state index contributed by atoms with van der Waals surface area (Å²) in [6.45, 7) is -0.00644. The topological polar surface area (TPSA) is 53.4 Å². The highest BCUT2D eigenvalue weighted by Gasteiger charge is 2.06. The van der Waals surface area contributed by atoms with Gasteiger partial charge in [-0.15, -0.1) is 11.3 Å². The van der Waals surface area contributed by atoms with Crippen molar-refractivity contribution in [2.75, 3.05) is 18.5 Å². The van der Waals surface area contributed by atoms with E-state index in [0.29, 0.717) is 0 Å². The Bertz CT molecular complexity index is 235. The molecule has 0 spiro atoms. The largest absolute Gasteiger partial charge is 0.480 e. The second kappa shape index (κ2) is 3.34. The lowest BCUT2D eigenvalue weighted by Crippen LogP contribution is -2.24. The SMILES string of the molecule is CN(CC(=O)O)c1nccs1. The fourth-order valence-electron chi connectivity index (χ4n) is 0.675. The Morgan fingerprint density at radius 3 is 3.09 bits per heavy atom. The number of aliphatic carboxylic acids is 1. The highest BCUT2D eigenvalue weighted by Crippen LogP contribution is 2.14. The number of rotatable bonds is 3. The highest BCUT2D eigenvalue weighted by atomic mass is 32.1. The molecule has 0 saturated heterocycles. The van der Waals surface area contributed by atoms with E-state index in [1.165, 1.54) is 11.3 Å². The first-order chi connectivity index (χ1) is 5.20. The Morgan fingerprint density at radius 2 is 2.64 bits per heavy atom. The van der Waals surface area contributed by atoms with Gasteiger partial charge in [0.25, 0.3) is 0 Å². The summed E-state index contributed by atoms with van der Waals surface area (Å²) < 4.78 is 0. The maximum atomic E-state index is 10.2. The van der Waals surface area contributed by atoms with Gasteiger partial charge in [-0.1, -0.05) is 0 Å². The molecular formula is C6H8N2O2S. The number of nitrogens with zero attached hydrogens (tertiary/aromatic N) is 2. The Labute approximate surface area is 68.1 Å². The predicted molar refractivity (Wildman–Crippen MR) is 43.0 cm³/mol. The first-order valence-electron chi connectivity index (χ1n) is 3.02. The predicted octanol–water partition coefficient (Wildman–Crippen LogP) is 0.664. The zero-order valence-electron chi connectivity index (χ0n) is 6.02. The van der Waals surface area contributed by atoms with Gasteiger partial charge in [0.15, 0.2) is 5.13 Å². The number of thiazole rings is 1. The van der Waals surface area contributed by atoms with Crippen molar-refractivity contribution in [2.24, 2.45) is 0 Å². The first-order valence-corrected chi connectivity index (χ1v) is 3.90. The van der Waals surface area contributed by atoms with Crippen molar-refractivity contribution < 1.29 is 9.90 Å². The van der Waals surface area contributed by atoms with E-state index in [1.54, 1.807) is 18.1 Å². The van der Waals surface area contributed by atoms with Crippen LogP contribution in [0.4, 0.5) is 5.13 Å². The molecule has 1 N–H and O–H groups in total. The lowest BCUT2D eigenvalue weighted by molar-refractivity contribution is -0.135. The quantitative estimate of drug-likeness (QED) is 0.727. The zero-order chi connectivity index (χ0) is 8.27. The monoisotopic (exact) mass is 172 g/mol. The third-order valence-electron chi connectivity index (χ3n) is 1.12. The molecule has 0 aliphatic rings. The van der Waals surface area contributed by atoms with Crippen LogP contribution in [0.1, 0.15) is 0 Å². The number of likely N-dealkylation sites (N-methyl/N-ethyl adjacent to an activating group) is 1. The maximum absolute atomic E-state index is 10.2. The minimum Gasteiger partial charge on any atom is -0.480 e. The molecule has 0 aliphatic carbocycles. The van der Waals surface area contributed by atoms with Crippen molar-refractivity contribution in [1.29, 1.82) is 0 Å². The van der Waals surface area contributed by atoms with Crippen LogP contribution in [0.25, 0.3) is 0 Å². The van der Waals surface area contributed by atoms with Crippen LogP contribution < -0.4 is 4.90 Å². The van der Waals surface area contributed by atoms with E-state index in [0.717, 1.165) is 5.13 Å². The van der Waals surface area contributed by atoms with E-state index in [1.807, 2.05) is 5.38 Å². The summed E-state index contributed by atoms with van der Waals surface area (Å²) >= 11 is 1.42. The Kier molecular flexibility index (Phi) is 2.43. The van der Waals surface area contributed by atoms with Crippen molar-refractivity contribution in [3.05, 3.63) is 11.6 Å². The summed E-state index contributed by atoms with van der Waals surface area (Å²) in [7, 11) is 1.70. The summed E-state index contributed by atoms with van der Waals surface area (Å²) in [4.78, 5) is 15.8. The van der Waals surface area contributed by atoms with Gasteiger partial charge in [-0.3, -0.25) is 4.79 Å². The van der Waals surface area contributed by atoms with Crippen LogP contribution in [0, 0.1) is 0 Å². The average molecular weight is 172 g/mol. The number of carbonyl (C=O) groups is 1. The van der Waals surface area contributed by atoms with Crippen LogP contribution in [0.2, 0.25) is 0 Å². The van der Waals surface area contributed by atoms with E-state index in [2.05, 4.69) is 4.98 Å².